The average molecular weight is 181 g/mol. The minimum Gasteiger partial charge on any atom is -0.472 e. The molecule has 0 saturated heterocycles. The molecule has 0 aliphatic carbocycles. The minimum atomic E-state index is -0.363. The van der Waals surface area contributed by atoms with Crippen molar-refractivity contribution >= 4 is 6.08 Å². The second-order valence-corrected chi connectivity index (χ2v) is 3.04. The zero-order valence-electron chi connectivity index (χ0n) is 7.56. The summed E-state index contributed by atoms with van der Waals surface area (Å²) < 4.78 is 4.81. The lowest BCUT2D eigenvalue weighted by Gasteiger charge is -1.99. The monoisotopic (exact) mass is 181 g/mol. The van der Waals surface area contributed by atoms with E-state index in [4.69, 9.17) is 4.42 Å². The molecule has 0 spiro atoms. The molecule has 0 bridgehead atoms. The van der Waals surface area contributed by atoms with Crippen LogP contribution in [0.4, 0.5) is 0 Å². The van der Waals surface area contributed by atoms with Crippen molar-refractivity contribution in [3.63, 3.8) is 0 Å². The highest BCUT2D eigenvalue weighted by molar-refractivity contribution is 5.49. The van der Waals surface area contributed by atoms with Crippen molar-refractivity contribution < 1.29 is 9.34 Å². The molecule has 0 amide bonds. The zero-order chi connectivity index (χ0) is 9.84. The van der Waals surface area contributed by atoms with Crippen LogP contribution in [0, 0.1) is 16.0 Å². The molecule has 1 aromatic rings. The normalized spacial score (nSPS) is 12.1. The summed E-state index contributed by atoms with van der Waals surface area (Å²) in [6, 6.07) is 1.69. The smallest absolute Gasteiger partial charge is 0.249 e. The summed E-state index contributed by atoms with van der Waals surface area (Å²) in [6.45, 7) is 3.57. The summed E-state index contributed by atoms with van der Waals surface area (Å²) in [5.41, 5.74) is 0.918. The Morgan fingerprint density at radius 1 is 1.69 bits per heavy atom. The Hall–Kier alpha value is -1.58. The van der Waals surface area contributed by atoms with Crippen LogP contribution < -0.4 is 0 Å². The summed E-state index contributed by atoms with van der Waals surface area (Å²) in [5, 5.41) is 10.6. The molecule has 4 nitrogen and oxygen atoms in total. The summed E-state index contributed by atoms with van der Waals surface area (Å²) in [7, 11) is 0. The molecule has 0 aliphatic heterocycles. The fourth-order valence-electron chi connectivity index (χ4n) is 0.958. The van der Waals surface area contributed by atoms with Crippen LogP contribution >= 0.6 is 0 Å². The van der Waals surface area contributed by atoms with Crippen molar-refractivity contribution in [3.8, 4) is 0 Å². The quantitative estimate of drug-likeness (QED) is 0.531. The number of nitro groups is 1. The standard InChI is InChI=1S/C9H11NO3/c1-7(2)9(10(11)12)5-8-3-4-13-6-8/h3-7H,1-2H3/b9-5-. The van der Waals surface area contributed by atoms with E-state index in [1.807, 2.05) is 0 Å². The molecule has 0 fully saturated rings. The van der Waals surface area contributed by atoms with E-state index >= 15 is 0 Å². The van der Waals surface area contributed by atoms with Gasteiger partial charge in [-0.2, -0.15) is 0 Å². The highest BCUT2D eigenvalue weighted by Crippen LogP contribution is 2.15. The SMILES string of the molecule is CC(C)/C(=C/c1ccoc1)[N+](=O)[O-]. The molecule has 1 heterocycles. The molecule has 0 aliphatic rings. The first-order valence-electron chi connectivity index (χ1n) is 3.99. The molecule has 0 unspecified atom stereocenters. The van der Waals surface area contributed by atoms with E-state index in [2.05, 4.69) is 0 Å². The van der Waals surface area contributed by atoms with Gasteiger partial charge in [0.15, 0.2) is 0 Å². The molecular formula is C9H11NO3. The predicted molar refractivity (Wildman–Crippen MR) is 48.5 cm³/mol. The van der Waals surface area contributed by atoms with E-state index < -0.39 is 0 Å². The highest BCUT2D eigenvalue weighted by Gasteiger charge is 2.15. The van der Waals surface area contributed by atoms with Crippen LogP contribution in [0.5, 0.6) is 0 Å². The van der Waals surface area contributed by atoms with Crippen LogP contribution in [-0.4, -0.2) is 4.92 Å². The number of nitrogens with zero attached hydrogens (tertiary/aromatic N) is 1. The molecule has 70 valence electrons. The number of furan rings is 1. The first-order chi connectivity index (χ1) is 6.11. The first kappa shape index (κ1) is 9.51. The van der Waals surface area contributed by atoms with Crippen LogP contribution in [0.3, 0.4) is 0 Å². The van der Waals surface area contributed by atoms with Gasteiger partial charge in [0.05, 0.1) is 17.4 Å². The maximum atomic E-state index is 10.6. The molecule has 0 atom stereocenters. The van der Waals surface area contributed by atoms with Crippen LogP contribution in [0.15, 0.2) is 28.7 Å². The lowest BCUT2D eigenvalue weighted by atomic mass is 10.1. The molecule has 13 heavy (non-hydrogen) atoms. The van der Waals surface area contributed by atoms with Gasteiger partial charge in [0.1, 0.15) is 0 Å². The van der Waals surface area contributed by atoms with Gasteiger partial charge in [0, 0.05) is 17.6 Å². The van der Waals surface area contributed by atoms with E-state index in [1.165, 1.54) is 18.6 Å². The van der Waals surface area contributed by atoms with Crippen molar-refractivity contribution in [2.75, 3.05) is 0 Å². The van der Waals surface area contributed by atoms with Crippen LogP contribution in [0.25, 0.3) is 6.08 Å². The van der Waals surface area contributed by atoms with Gasteiger partial charge in [-0.1, -0.05) is 13.8 Å². The van der Waals surface area contributed by atoms with Gasteiger partial charge < -0.3 is 4.42 Å². The third-order valence-electron chi connectivity index (χ3n) is 1.66. The van der Waals surface area contributed by atoms with Gasteiger partial charge in [-0.3, -0.25) is 10.1 Å². The Kier molecular flexibility index (Phi) is 2.84. The molecule has 0 aromatic carbocycles. The van der Waals surface area contributed by atoms with E-state index in [0.717, 1.165) is 5.56 Å². The van der Waals surface area contributed by atoms with Gasteiger partial charge in [-0.25, -0.2) is 0 Å². The summed E-state index contributed by atoms with van der Waals surface area (Å²) in [5.74, 6) is -0.0927. The van der Waals surface area contributed by atoms with Crippen molar-refractivity contribution in [2.24, 2.45) is 5.92 Å². The highest BCUT2D eigenvalue weighted by atomic mass is 16.6. The fraction of sp³-hybridized carbons (Fsp3) is 0.333. The molecule has 0 saturated carbocycles. The number of hydrogen-bond acceptors (Lipinski definition) is 3. The second-order valence-electron chi connectivity index (χ2n) is 3.04. The third kappa shape index (κ3) is 2.43. The first-order valence-corrected chi connectivity index (χ1v) is 3.99. The van der Waals surface area contributed by atoms with E-state index in [1.54, 1.807) is 19.9 Å². The van der Waals surface area contributed by atoms with Crippen molar-refractivity contribution in [3.05, 3.63) is 40.0 Å². The van der Waals surface area contributed by atoms with Gasteiger partial charge in [-0.05, 0) is 6.07 Å². The summed E-state index contributed by atoms with van der Waals surface area (Å²) in [6.07, 6.45) is 4.49. The number of allylic oxidation sites excluding steroid dienone is 1. The molecule has 0 N–H and O–H groups in total. The Bertz CT molecular complexity index is 312. The van der Waals surface area contributed by atoms with Crippen LogP contribution in [0.1, 0.15) is 19.4 Å². The lowest BCUT2D eigenvalue weighted by Crippen LogP contribution is -2.04. The Morgan fingerprint density at radius 3 is 2.77 bits per heavy atom. The summed E-state index contributed by atoms with van der Waals surface area (Å²) >= 11 is 0. The predicted octanol–water partition coefficient (Wildman–Crippen LogP) is 2.55. The van der Waals surface area contributed by atoms with Gasteiger partial charge in [-0.15, -0.1) is 0 Å². The Labute approximate surface area is 76.0 Å². The Morgan fingerprint density at radius 2 is 2.38 bits per heavy atom. The van der Waals surface area contributed by atoms with E-state index in [-0.39, 0.29) is 16.5 Å². The lowest BCUT2D eigenvalue weighted by molar-refractivity contribution is -0.431. The van der Waals surface area contributed by atoms with E-state index in [0.29, 0.717) is 0 Å². The topological polar surface area (TPSA) is 56.3 Å². The summed E-state index contributed by atoms with van der Waals surface area (Å²) in [4.78, 5) is 10.2. The van der Waals surface area contributed by atoms with E-state index in [9.17, 15) is 10.1 Å². The maximum absolute atomic E-state index is 10.6. The average Bonchev–Trinajstić information content (AvgIpc) is 2.50. The van der Waals surface area contributed by atoms with Gasteiger partial charge in [0.25, 0.3) is 0 Å². The van der Waals surface area contributed by atoms with Gasteiger partial charge in [0.2, 0.25) is 5.70 Å². The minimum absolute atomic E-state index is 0.0927. The van der Waals surface area contributed by atoms with Crippen molar-refractivity contribution in [1.82, 2.24) is 0 Å². The molecular weight excluding hydrogens is 170 g/mol. The number of hydrogen-bond donors (Lipinski definition) is 0. The second kappa shape index (κ2) is 3.89. The largest absolute Gasteiger partial charge is 0.472 e. The third-order valence-corrected chi connectivity index (χ3v) is 1.66. The molecule has 0 radical (unpaired) electrons. The van der Waals surface area contributed by atoms with Crippen molar-refractivity contribution in [2.45, 2.75) is 13.8 Å². The molecule has 4 heteroatoms. The molecule has 1 aromatic heterocycles. The molecule has 1 rings (SSSR count). The van der Waals surface area contributed by atoms with Crippen molar-refractivity contribution in [1.29, 1.82) is 0 Å². The van der Waals surface area contributed by atoms with Crippen LogP contribution in [-0.2, 0) is 0 Å². The number of rotatable bonds is 3. The van der Waals surface area contributed by atoms with Gasteiger partial charge >= 0.3 is 0 Å². The fourth-order valence-corrected chi connectivity index (χ4v) is 0.958. The maximum Gasteiger partial charge on any atom is 0.249 e. The van der Waals surface area contributed by atoms with Crippen LogP contribution in [0.2, 0.25) is 0 Å². The zero-order valence-corrected chi connectivity index (χ0v) is 7.56. The Balaban J connectivity index is 2.94.